The van der Waals surface area contributed by atoms with Gasteiger partial charge in [0.1, 0.15) is 9.90 Å². The summed E-state index contributed by atoms with van der Waals surface area (Å²) < 4.78 is 33.2. The zero-order valence-corrected chi connectivity index (χ0v) is 20.1. The molecule has 0 radical (unpaired) electrons. The maximum Gasteiger partial charge on any atom is 0.341 e. The van der Waals surface area contributed by atoms with E-state index in [1.54, 1.807) is 30.3 Å². The minimum atomic E-state index is -4.03. The quantitative estimate of drug-likeness (QED) is 0.454. The van der Waals surface area contributed by atoms with Crippen molar-refractivity contribution in [2.75, 3.05) is 17.1 Å². The molecular weight excluding hydrogens is 484 g/mol. The monoisotopic (exact) mass is 504 g/mol. The molecule has 2 N–H and O–H groups in total. The Hall–Kier alpha value is -2.88. The first-order valence-corrected chi connectivity index (χ1v) is 12.9. The number of anilines is 2. The molecule has 0 aliphatic heterocycles. The number of hydrogen-bond donors (Lipinski definition) is 2. The van der Waals surface area contributed by atoms with Crippen LogP contribution in [0.1, 0.15) is 44.0 Å². The highest BCUT2D eigenvalue weighted by atomic mass is 35.5. The first-order valence-electron chi connectivity index (χ1n) is 10.2. The third kappa shape index (κ3) is 4.90. The van der Waals surface area contributed by atoms with E-state index in [9.17, 15) is 18.0 Å². The Morgan fingerprint density at radius 1 is 1.06 bits per heavy atom. The fraction of sp³-hybridized carbons (Fsp3) is 0.217. The number of aryl methyl sites for hydroxylation is 1. The second kappa shape index (κ2) is 9.54. The number of rotatable bonds is 6. The van der Waals surface area contributed by atoms with Crippen LogP contribution < -0.4 is 10.0 Å². The van der Waals surface area contributed by atoms with Crippen molar-refractivity contribution in [2.45, 2.75) is 30.6 Å². The Balaban J connectivity index is 1.64. The van der Waals surface area contributed by atoms with Crippen molar-refractivity contribution in [2.24, 2.45) is 0 Å². The number of halogens is 1. The number of thiophene rings is 1. The van der Waals surface area contributed by atoms with Crippen LogP contribution in [0.5, 0.6) is 0 Å². The minimum absolute atomic E-state index is 0.0168. The Morgan fingerprint density at radius 3 is 2.52 bits per heavy atom. The van der Waals surface area contributed by atoms with Gasteiger partial charge in [0.05, 0.1) is 17.7 Å². The lowest BCUT2D eigenvalue weighted by molar-refractivity contribution is 0.0601. The summed E-state index contributed by atoms with van der Waals surface area (Å²) in [6.07, 6.45) is 3.58. The summed E-state index contributed by atoms with van der Waals surface area (Å²) in [6, 6.07) is 12.4. The zero-order valence-electron chi connectivity index (χ0n) is 17.7. The Labute approximate surface area is 200 Å². The fourth-order valence-corrected chi connectivity index (χ4v) is 6.57. The number of carbonyl (C=O) groups excluding carboxylic acids is 2. The molecule has 2 aromatic carbocycles. The molecule has 0 atom stereocenters. The number of para-hydroxylation sites is 1. The molecular formula is C23H21ClN2O5S2. The van der Waals surface area contributed by atoms with Crippen LogP contribution in [0.3, 0.4) is 0 Å². The van der Waals surface area contributed by atoms with Gasteiger partial charge in [0.15, 0.2) is 0 Å². The van der Waals surface area contributed by atoms with Crippen LogP contribution in [-0.4, -0.2) is 27.4 Å². The van der Waals surface area contributed by atoms with Gasteiger partial charge in [-0.2, -0.15) is 0 Å². The molecule has 0 saturated heterocycles. The predicted molar refractivity (Wildman–Crippen MR) is 129 cm³/mol. The van der Waals surface area contributed by atoms with E-state index in [-0.39, 0.29) is 15.5 Å². The summed E-state index contributed by atoms with van der Waals surface area (Å²) in [7, 11) is -2.73. The molecule has 10 heteroatoms. The highest BCUT2D eigenvalue weighted by molar-refractivity contribution is 7.92. The van der Waals surface area contributed by atoms with E-state index in [2.05, 4.69) is 10.0 Å². The largest absolute Gasteiger partial charge is 0.465 e. The second-order valence-corrected chi connectivity index (χ2v) is 10.6. The van der Waals surface area contributed by atoms with Gasteiger partial charge in [-0.05, 0) is 61.6 Å². The molecule has 0 spiro atoms. The SMILES string of the molecule is COC(=O)c1c(NC(=O)c2ccc(Cl)c(S(=O)(=O)Nc3ccccc3)c2)sc2c1CCCC2. The van der Waals surface area contributed by atoms with Crippen LogP contribution in [0.4, 0.5) is 10.7 Å². The van der Waals surface area contributed by atoms with Gasteiger partial charge in [0, 0.05) is 16.1 Å². The molecule has 0 unspecified atom stereocenters. The van der Waals surface area contributed by atoms with Gasteiger partial charge in [-0.15, -0.1) is 11.3 Å². The number of nitrogens with one attached hydrogen (secondary N) is 2. The first-order chi connectivity index (χ1) is 15.8. The Kier molecular flexibility index (Phi) is 6.73. The average Bonchev–Trinajstić information content (AvgIpc) is 3.16. The summed E-state index contributed by atoms with van der Waals surface area (Å²) in [5, 5.41) is 3.15. The highest BCUT2D eigenvalue weighted by Crippen LogP contribution is 2.39. The van der Waals surface area contributed by atoms with Crippen molar-refractivity contribution in [3.8, 4) is 0 Å². The van der Waals surface area contributed by atoms with E-state index >= 15 is 0 Å². The summed E-state index contributed by atoms with van der Waals surface area (Å²) in [5.74, 6) is -1.05. The van der Waals surface area contributed by atoms with Crippen molar-refractivity contribution in [1.29, 1.82) is 0 Å². The number of esters is 1. The Bertz CT molecular complexity index is 1320. The van der Waals surface area contributed by atoms with Crippen LogP contribution in [-0.2, 0) is 27.6 Å². The predicted octanol–water partition coefficient (Wildman–Crippen LogP) is 5.12. The number of benzene rings is 2. The van der Waals surface area contributed by atoms with E-state index in [1.807, 2.05) is 0 Å². The van der Waals surface area contributed by atoms with E-state index in [0.29, 0.717) is 16.3 Å². The molecule has 0 saturated carbocycles. The topological polar surface area (TPSA) is 102 Å². The molecule has 4 rings (SSSR count). The van der Waals surface area contributed by atoms with Crippen molar-refractivity contribution in [1.82, 2.24) is 0 Å². The van der Waals surface area contributed by atoms with Gasteiger partial charge >= 0.3 is 5.97 Å². The fourth-order valence-electron chi connectivity index (χ4n) is 3.71. The number of methoxy groups -OCH3 is 1. The van der Waals surface area contributed by atoms with Crippen LogP contribution in [0, 0.1) is 0 Å². The number of carbonyl (C=O) groups is 2. The van der Waals surface area contributed by atoms with Gasteiger partial charge in [-0.1, -0.05) is 29.8 Å². The molecule has 3 aromatic rings. The van der Waals surface area contributed by atoms with Crippen molar-refractivity contribution >= 4 is 55.5 Å². The lowest BCUT2D eigenvalue weighted by atomic mass is 9.95. The third-order valence-electron chi connectivity index (χ3n) is 5.30. The van der Waals surface area contributed by atoms with Crippen LogP contribution >= 0.6 is 22.9 Å². The Morgan fingerprint density at radius 2 is 1.79 bits per heavy atom. The maximum absolute atomic E-state index is 13.0. The van der Waals surface area contributed by atoms with Crippen LogP contribution in [0.2, 0.25) is 5.02 Å². The summed E-state index contributed by atoms with van der Waals surface area (Å²) in [4.78, 5) is 26.3. The van der Waals surface area contributed by atoms with E-state index in [1.165, 1.54) is 36.6 Å². The molecule has 0 fully saturated rings. The van der Waals surface area contributed by atoms with Crippen LogP contribution in [0.15, 0.2) is 53.4 Å². The summed E-state index contributed by atoms with van der Waals surface area (Å²) >= 11 is 7.51. The highest BCUT2D eigenvalue weighted by Gasteiger charge is 2.28. The van der Waals surface area contributed by atoms with Gasteiger partial charge in [0.25, 0.3) is 15.9 Å². The number of amides is 1. The smallest absolute Gasteiger partial charge is 0.341 e. The van der Waals surface area contributed by atoms with Gasteiger partial charge in [0.2, 0.25) is 0 Å². The third-order valence-corrected chi connectivity index (χ3v) is 8.37. The molecule has 1 amide bonds. The molecule has 172 valence electrons. The zero-order chi connectivity index (χ0) is 23.6. The molecule has 33 heavy (non-hydrogen) atoms. The molecule has 1 heterocycles. The minimum Gasteiger partial charge on any atom is -0.465 e. The van der Waals surface area contributed by atoms with Gasteiger partial charge in [-0.3, -0.25) is 9.52 Å². The second-order valence-electron chi connectivity index (χ2n) is 7.48. The van der Waals surface area contributed by atoms with Crippen molar-refractivity contribution < 1.29 is 22.7 Å². The first kappa shape index (κ1) is 23.3. The van der Waals surface area contributed by atoms with Gasteiger partial charge in [-0.25, -0.2) is 13.2 Å². The van der Waals surface area contributed by atoms with Gasteiger partial charge < -0.3 is 10.1 Å². The lowest BCUT2D eigenvalue weighted by Gasteiger charge is -2.12. The molecule has 1 aromatic heterocycles. The maximum atomic E-state index is 13.0. The number of hydrogen-bond acceptors (Lipinski definition) is 6. The normalized spacial score (nSPS) is 13.2. The standard InChI is InChI=1S/C23H21ClN2O5S2/c1-31-23(28)20-16-9-5-6-10-18(16)32-22(20)25-21(27)14-11-12-17(24)19(13-14)33(29,30)26-15-7-3-2-4-8-15/h2-4,7-8,11-13,26H,5-6,9-10H2,1H3,(H,25,27). The molecule has 0 bridgehead atoms. The van der Waals surface area contributed by atoms with E-state index in [0.717, 1.165) is 36.1 Å². The van der Waals surface area contributed by atoms with E-state index in [4.69, 9.17) is 16.3 Å². The summed E-state index contributed by atoms with van der Waals surface area (Å²) in [5.41, 5.74) is 1.75. The van der Waals surface area contributed by atoms with Crippen molar-refractivity contribution in [3.63, 3.8) is 0 Å². The molecule has 7 nitrogen and oxygen atoms in total. The van der Waals surface area contributed by atoms with Crippen LogP contribution in [0.25, 0.3) is 0 Å². The average molecular weight is 505 g/mol. The lowest BCUT2D eigenvalue weighted by Crippen LogP contribution is -2.17. The van der Waals surface area contributed by atoms with E-state index < -0.39 is 21.9 Å². The molecule has 1 aliphatic carbocycles. The number of fused-ring (bicyclic) bond motifs is 1. The molecule has 1 aliphatic rings. The summed E-state index contributed by atoms with van der Waals surface area (Å²) in [6.45, 7) is 0. The number of sulfonamides is 1. The number of ether oxygens (including phenoxy) is 1. The van der Waals surface area contributed by atoms with Crippen molar-refractivity contribution in [3.05, 3.63) is 75.1 Å².